The van der Waals surface area contributed by atoms with Crippen LogP contribution in [0, 0.1) is 0 Å². The Bertz CT molecular complexity index is 474. The first-order valence-corrected chi connectivity index (χ1v) is 4.86. The molecule has 0 fully saturated rings. The molecule has 2 rings (SSSR count). The van der Waals surface area contributed by atoms with Gasteiger partial charge in [0.25, 0.3) is 0 Å². The fourth-order valence-corrected chi connectivity index (χ4v) is 1.93. The van der Waals surface area contributed by atoms with Gasteiger partial charge in [0, 0.05) is 0 Å². The average molecular weight is 212 g/mol. The molecule has 0 unspecified atom stereocenters. The molecule has 74 valence electrons. The second kappa shape index (κ2) is 2.84. The minimum Gasteiger partial charge on any atom is -0.382 e. The van der Waals surface area contributed by atoms with Gasteiger partial charge >= 0.3 is 0 Å². The van der Waals surface area contributed by atoms with E-state index in [1.807, 2.05) is 0 Å². The van der Waals surface area contributed by atoms with Gasteiger partial charge in [-0.25, -0.2) is 19.3 Å². The van der Waals surface area contributed by atoms with Crippen LogP contribution >= 0.6 is 11.3 Å². The van der Waals surface area contributed by atoms with Crippen molar-refractivity contribution in [1.82, 2.24) is 15.0 Å². The third-order valence-corrected chi connectivity index (χ3v) is 2.99. The lowest BCUT2D eigenvalue weighted by atomic mass is 10.2. The number of nitrogen functional groups attached to an aromatic ring is 1. The molecule has 0 atom stereocenters. The molecule has 0 saturated carbocycles. The number of aromatic nitrogens is 3. The van der Waals surface area contributed by atoms with E-state index in [0.717, 1.165) is 0 Å². The van der Waals surface area contributed by atoms with E-state index in [1.54, 1.807) is 0 Å². The molecule has 14 heavy (non-hydrogen) atoms. The predicted octanol–water partition coefficient (Wildman–Crippen LogP) is 1.87. The Morgan fingerprint density at radius 1 is 1.43 bits per heavy atom. The Kier molecular flexibility index (Phi) is 1.88. The van der Waals surface area contributed by atoms with E-state index in [9.17, 15) is 4.39 Å². The van der Waals surface area contributed by atoms with Gasteiger partial charge in [0.05, 0.1) is 0 Å². The number of fused-ring (bicyclic) bond motifs is 1. The lowest BCUT2D eigenvalue weighted by molar-refractivity contribution is 0.221. The van der Waals surface area contributed by atoms with Gasteiger partial charge in [-0.05, 0) is 13.8 Å². The van der Waals surface area contributed by atoms with Crippen LogP contribution in [-0.4, -0.2) is 15.0 Å². The molecule has 0 aliphatic carbocycles. The fraction of sp³-hybridized carbons (Fsp3) is 0.375. The van der Waals surface area contributed by atoms with Crippen LogP contribution in [0.3, 0.4) is 0 Å². The minimum absolute atomic E-state index is 0.293. The molecular weight excluding hydrogens is 203 g/mol. The van der Waals surface area contributed by atoms with Crippen LogP contribution in [0.15, 0.2) is 6.33 Å². The molecule has 2 N–H and O–H groups in total. The number of halogens is 1. The summed E-state index contributed by atoms with van der Waals surface area (Å²) in [6.07, 6.45) is 1.35. The topological polar surface area (TPSA) is 64.7 Å². The molecule has 2 heterocycles. The molecule has 2 aromatic heterocycles. The standard InChI is InChI=1S/C8H9FN4S/c1-8(2,9)7-13-4-5(10)11-3-12-6(4)14-7/h3H,1-2H3,(H2,10,11,12). The summed E-state index contributed by atoms with van der Waals surface area (Å²) in [6, 6.07) is 0. The monoisotopic (exact) mass is 212 g/mol. The normalized spacial score (nSPS) is 12.2. The predicted molar refractivity (Wildman–Crippen MR) is 53.8 cm³/mol. The molecule has 0 amide bonds. The van der Waals surface area contributed by atoms with Crippen molar-refractivity contribution in [2.24, 2.45) is 0 Å². The number of hydrogen-bond donors (Lipinski definition) is 1. The molecule has 0 aliphatic heterocycles. The lowest BCUT2D eigenvalue weighted by Gasteiger charge is -2.07. The van der Waals surface area contributed by atoms with Crippen LogP contribution in [0.25, 0.3) is 10.3 Å². The largest absolute Gasteiger partial charge is 0.382 e. The molecule has 0 spiro atoms. The van der Waals surface area contributed by atoms with Crippen molar-refractivity contribution in [2.75, 3.05) is 5.73 Å². The molecule has 6 heteroatoms. The van der Waals surface area contributed by atoms with E-state index in [2.05, 4.69) is 15.0 Å². The summed E-state index contributed by atoms with van der Waals surface area (Å²) in [5, 5.41) is 0.375. The van der Waals surface area contributed by atoms with E-state index in [1.165, 1.54) is 31.5 Å². The number of thiazole rings is 1. The third-order valence-electron chi connectivity index (χ3n) is 1.73. The van der Waals surface area contributed by atoms with Crippen LogP contribution in [-0.2, 0) is 5.67 Å². The minimum atomic E-state index is -1.46. The molecule has 0 aromatic carbocycles. The van der Waals surface area contributed by atoms with Crippen molar-refractivity contribution in [3.63, 3.8) is 0 Å². The number of hydrogen-bond acceptors (Lipinski definition) is 5. The zero-order chi connectivity index (χ0) is 10.3. The molecule has 0 radical (unpaired) electrons. The van der Waals surface area contributed by atoms with Gasteiger partial charge in [0.2, 0.25) is 0 Å². The maximum Gasteiger partial charge on any atom is 0.156 e. The van der Waals surface area contributed by atoms with Crippen LogP contribution in [0.2, 0.25) is 0 Å². The van der Waals surface area contributed by atoms with Gasteiger partial charge in [0.1, 0.15) is 21.7 Å². The van der Waals surface area contributed by atoms with E-state index in [-0.39, 0.29) is 0 Å². The van der Waals surface area contributed by atoms with E-state index in [4.69, 9.17) is 5.73 Å². The Labute approximate surface area is 84.0 Å². The molecule has 0 bridgehead atoms. The summed E-state index contributed by atoms with van der Waals surface area (Å²) in [5.74, 6) is 0.293. The van der Waals surface area contributed by atoms with Crippen LogP contribution in [0.5, 0.6) is 0 Å². The summed E-state index contributed by atoms with van der Waals surface area (Å²) in [7, 11) is 0. The summed E-state index contributed by atoms with van der Waals surface area (Å²) in [6.45, 7) is 2.91. The Morgan fingerprint density at radius 3 is 2.71 bits per heavy atom. The van der Waals surface area contributed by atoms with Crippen LogP contribution in [0.1, 0.15) is 18.9 Å². The van der Waals surface area contributed by atoms with E-state index < -0.39 is 5.67 Å². The number of nitrogens with zero attached hydrogens (tertiary/aromatic N) is 3. The van der Waals surface area contributed by atoms with Gasteiger partial charge in [0.15, 0.2) is 11.5 Å². The molecular formula is C8H9FN4S. The highest BCUT2D eigenvalue weighted by Crippen LogP contribution is 2.32. The second-order valence-corrected chi connectivity index (χ2v) is 4.38. The van der Waals surface area contributed by atoms with Crippen molar-refractivity contribution in [3.05, 3.63) is 11.3 Å². The highest BCUT2D eigenvalue weighted by Gasteiger charge is 2.24. The van der Waals surface area contributed by atoms with E-state index in [0.29, 0.717) is 21.2 Å². The van der Waals surface area contributed by atoms with Gasteiger partial charge in [-0.1, -0.05) is 11.3 Å². The molecule has 2 aromatic rings. The average Bonchev–Trinajstić information content (AvgIpc) is 2.48. The van der Waals surface area contributed by atoms with Crippen molar-refractivity contribution >= 4 is 27.5 Å². The number of anilines is 1. The fourth-order valence-electron chi connectivity index (χ4n) is 1.03. The number of nitrogens with two attached hydrogens (primary N) is 1. The Morgan fingerprint density at radius 2 is 2.14 bits per heavy atom. The zero-order valence-corrected chi connectivity index (χ0v) is 8.60. The van der Waals surface area contributed by atoms with Crippen LogP contribution < -0.4 is 5.73 Å². The first-order chi connectivity index (χ1) is 6.48. The molecule has 0 saturated heterocycles. The second-order valence-electron chi connectivity index (χ2n) is 3.40. The lowest BCUT2D eigenvalue weighted by Crippen LogP contribution is -2.07. The summed E-state index contributed by atoms with van der Waals surface area (Å²) in [5.41, 5.74) is 4.61. The van der Waals surface area contributed by atoms with Gasteiger partial charge in [-0.3, -0.25) is 0 Å². The summed E-state index contributed by atoms with van der Waals surface area (Å²) < 4.78 is 13.6. The quantitative estimate of drug-likeness (QED) is 0.783. The Hall–Kier alpha value is -1.30. The highest BCUT2D eigenvalue weighted by molar-refractivity contribution is 7.18. The summed E-state index contributed by atoms with van der Waals surface area (Å²) in [4.78, 5) is 12.5. The van der Waals surface area contributed by atoms with Crippen molar-refractivity contribution in [2.45, 2.75) is 19.5 Å². The zero-order valence-electron chi connectivity index (χ0n) is 7.78. The van der Waals surface area contributed by atoms with Crippen molar-refractivity contribution in [3.8, 4) is 0 Å². The van der Waals surface area contributed by atoms with Gasteiger partial charge < -0.3 is 5.73 Å². The molecule has 0 aliphatic rings. The molecule has 4 nitrogen and oxygen atoms in total. The maximum atomic E-state index is 13.6. The SMILES string of the molecule is CC(C)(F)c1nc2c(N)ncnc2s1. The van der Waals surface area contributed by atoms with Crippen molar-refractivity contribution < 1.29 is 4.39 Å². The van der Waals surface area contributed by atoms with E-state index >= 15 is 0 Å². The number of alkyl halides is 1. The smallest absolute Gasteiger partial charge is 0.156 e. The first-order valence-electron chi connectivity index (χ1n) is 4.05. The first kappa shape index (κ1) is 9.26. The summed E-state index contributed by atoms with van der Waals surface area (Å²) >= 11 is 1.20. The van der Waals surface area contributed by atoms with Gasteiger partial charge in [-0.2, -0.15) is 0 Å². The number of rotatable bonds is 1. The van der Waals surface area contributed by atoms with Crippen LogP contribution in [0.4, 0.5) is 10.2 Å². The maximum absolute atomic E-state index is 13.6. The highest BCUT2D eigenvalue weighted by atomic mass is 32.1. The van der Waals surface area contributed by atoms with Gasteiger partial charge in [-0.15, -0.1) is 0 Å². The van der Waals surface area contributed by atoms with Crippen molar-refractivity contribution in [1.29, 1.82) is 0 Å². The third kappa shape index (κ3) is 1.41. The Balaban J connectivity index is 2.69.